The molecule has 1 atom stereocenters. The van der Waals surface area contributed by atoms with E-state index < -0.39 is 8.07 Å². The molecule has 0 saturated heterocycles. The first kappa shape index (κ1) is 15.2. The van der Waals surface area contributed by atoms with Crippen molar-refractivity contribution >= 4 is 8.07 Å². The molecule has 1 heterocycles. The highest BCUT2D eigenvalue weighted by molar-refractivity contribution is 6.83. The van der Waals surface area contributed by atoms with Gasteiger partial charge in [0, 0.05) is 11.0 Å². The molecule has 0 fully saturated rings. The van der Waals surface area contributed by atoms with Crippen LogP contribution in [0.25, 0.3) is 0 Å². The first-order chi connectivity index (χ1) is 9.04. The Labute approximate surface area is 124 Å². The minimum Gasteiger partial charge on any atom is -0.486 e. The van der Waals surface area contributed by atoms with E-state index in [9.17, 15) is 0 Å². The summed E-state index contributed by atoms with van der Waals surface area (Å²) in [6.07, 6.45) is 0. The van der Waals surface area contributed by atoms with Gasteiger partial charge in [0.1, 0.15) is 19.4 Å². The zero-order valence-electron chi connectivity index (χ0n) is 13.8. The van der Waals surface area contributed by atoms with Gasteiger partial charge in [-0.1, -0.05) is 51.7 Å². The second kappa shape index (κ2) is 4.67. The molecule has 0 aliphatic carbocycles. The smallest absolute Gasteiger partial charge is 0.129 e. The van der Waals surface area contributed by atoms with Gasteiger partial charge in [0.05, 0.1) is 5.92 Å². The molecule has 108 valence electrons. The molecule has 1 nitrogen and oxygen atoms in total. The number of para-hydroxylation sites is 1. The lowest BCUT2D eigenvalue weighted by atomic mass is 9.65. The van der Waals surface area contributed by atoms with E-state index in [-0.39, 0.29) is 16.9 Å². The van der Waals surface area contributed by atoms with Gasteiger partial charge in [-0.25, -0.2) is 0 Å². The Morgan fingerprint density at radius 3 is 2.25 bits per heavy atom. The van der Waals surface area contributed by atoms with Gasteiger partial charge in [0.25, 0.3) is 0 Å². The number of fused-ring (bicyclic) bond motifs is 1. The van der Waals surface area contributed by atoms with Crippen LogP contribution >= 0.6 is 0 Å². The second-order valence-electron chi connectivity index (χ2n) is 7.88. The summed E-state index contributed by atoms with van der Waals surface area (Å²) in [6, 6.07) is 8.37. The maximum absolute atomic E-state index is 6.25. The zero-order chi connectivity index (χ0) is 15.2. The predicted octanol–water partition coefficient (Wildman–Crippen LogP) is 4.63. The van der Waals surface area contributed by atoms with Crippen molar-refractivity contribution in [1.29, 1.82) is 0 Å². The van der Waals surface area contributed by atoms with Crippen LogP contribution in [0.3, 0.4) is 0 Å². The Kier molecular flexibility index (Phi) is 3.55. The van der Waals surface area contributed by atoms with Crippen LogP contribution < -0.4 is 4.74 Å². The number of rotatable bonds is 0. The highest BCUT2D eigenvalue weighted by atomic mass is 28.3. The van der Waals surface area contributed by atoms with E-state index in [0.717, 1.165) is 5.75 Å². The quantitative estimate of drug-likeness (QED) is 0.499. The third-order valence-corrected chi connectivity index (χ3v) is 4.86. The van der Waals surface area contributed by atoms with E-state index in [4.69, 9.17) is 4.74 Å². The van der Waals surface area contributed by atoms with Crippen LogP contribution in [-0.2, 0) is 5.41 Å². The monoisotopic (exact) mass is 286 g/mol. The Morgan fingerprint density at radius 1 is 1.05 bits per heavy atom. The van der Waals surface area contributed by atoms with E-state index >= 15 is 0 Å². The van der Waals surface area contributed by atoms with Crippen molar-refractivity contribution in [2.45, 2.75) is 58.4 Å². The van der Waals surface area contributed by atoms with Crippen molar-refractivity contribution in [1.82, 2.24) is 0 Å². The van der Waals surface area contributed by atoms with Gasteiger partial charge in [-0.2, -0.15) is 0 Å². The zero-order valence-corrected chi connectivity index (χ0v) is 14.8. The van der Waals surface area contributed by atoms with E-state index in [2.05, 4.69) is 77.0 Å². The molecule has 1 aromatic rings. The summed E-state index contributed by atoms with van der Waals surface area (Å²) in [5, 5.41) is 0. The Hall–Kier alpha value is -1.20. The highest BCUT2D eigenvalue weighted by Gasteiger charge is 2.47. The molecule has 0 amide bonds. The average Bonchev–Trinajstić information content (AvgIpc) is 2.25. The first-order valence-electron chi connectivity index (χ1n) is 7.35. The lowest BCUT2D eigenvalue weighted by Gasteiger charge is -2.47. The molecule has 0 radical (unpaired) electrons. The summed E-state index contributed by atoms with van der Waals surface area (Å²) in [5.74, 6) is 4.78. The normalized spacial score (nSPS) is 23.1. The fourth-order valence-corrected chi connectivity index (χ4v) is 3.68. The van der Waals surface area contributed by atoms with Crippen LogP contribution in [0, 0.1) is 17.4 Å². The van der Waals surface area contributed by atoms with Crippen LogP contribution in [0.1, 0.15) is 33.3 Å². The molecule has 1 aliphatic rings. The fraction of sp³-hybridized carbons (Fsp3) is 0.556. The molecule has 1 aromatic carbocycles. The summed E-state index contributed by atoms with van der Waals surface area (Å²) in [7, 11) is -1.37. The van der Waals surface area contributed by atoms with Gasteiger partial charge in [-0.05, 0) is 19.9 Å². The molecule has 0 bridgehead atoms. The fourth-order valence-electron chi connectivity index (χ4n) is 3.10. The van der Waals surface area contributed by atoms with Crippen molar-refractivity contribution in [3.8, 4) is 17.2 Å². The first-order valence-corrected chi connectivity index (χ1v) is 10.9. The molecule has 2 heteroatoms. The molecule has 0 saturated carbocycles. The Bertz CT molecular complexity index is 567. The van der Waals surface area contributed by atoms with Gasteiger partial charge < -0.3 is 4.74 Å². The molecule has 20 heavy (non-hydrogen) atoms. The number of benzene rings is 1. The minimum absolute atomic E-state index is 0.00495. The van der Waals surface area contributed by atoms with Crippen molar-refractivity contribution < 1.29 is 4.74 Å². The van der Waals surface area contributed by atoms with Gasteiger partial charge in [-0.15, -0.1) is 11.5 Å². The predicted molar refractivity (Wildman–Crippen MR) is 88.8 cm³/mol. The standard InChI is InChI=1S/C18H26OSi/c1-17(2)14-10-8-9-11-15(14)19-18(3,4)16(17)12-13-20(5,6)7/h8-11,16H,1-7H3. The second-order valence-corrected chi connectivity index (χ2v) is 12.6. The molecule has 1 aliphatic heterocycles. The molecule has 0 aromatic heterocycles. The van der Waals surface area contributed by atoms with Crippen molar-refractivity contribution in [3.63, 3.8) is 0 Å². The number of ether oxygens (including phenoxy) is 1. The molecule has 1 unspecified atom stereocenters. The summed E-state index contributed by atoms with van der Waals surface area (Å²) in [6.45, 7) is 15.8. The maximum Gasteiger partial charge on any atom is 0.129 e. The van der Waals surface area contributed by atoms with Crippen LogP contribution in [0.5, 0.6) is 5.75 Å². The lowest BCUT2D eigenvalue weighted by Crippen LogP contribution is -2.50. The van der Waals surface area contributed by atoms with Crippen LogP contribution in [0.4, 0.5) is 0 Å². The molecular formula is C18H26OSi. The van der Waals surface area contributed by atoms with Crippen molar-refractivity contribution in [2.75, 3.05) is 0 Å². The van der Waals surface area contributed by atoms with Gasteiger partial charge in [0.2, 0.25) is 0 Å². The number of hydrogen-bond acceptors (Lipinski definition) is 1. The summed E-state index contributed by atoms with van der Waals surface area (Å²) in [5.41, 5.74) is 4.56. The van der Waals surface area contributed by atoms with E-state index in [1.807, 2.05) is 6.07 Å². The van der Waals surface area contributed by atoms with Crippen LogP contribution in [-0.4, -0.2) is 13.7 Å². The summed E-state index contributed by atoms with van der Waals surface area (Å²) in [4.78, 5) is 0. The lowest BCUT2D eigenvalue weighted by molar-refractivity contribution is 0.0148. The summed E-state index contributed by atoms with van der Waals surface area (Å²) >= 11 is 0. The minimum atomic E-state index is -1.37. The molecule has 0 spiro atoms. The summed E-state index contributed by atoms with van der Waals surface area (Å²) < 4.78 is 6.25. The largest absolute Gasteiger partial charge is 0.486 e. The Balaban J connectivity index is 2.54. The third kappa shape index (κ3) is 2.78. The van der Waals surface area contributed by atoms with E-state index in [0.29, 0.717) is 0 Å². The van der Waals surface area contributed by atoms with Crippen molar-refractivity contribution in [2.24, 2.45) is 5.92 Å². The average molecular weight is 286 g/mol. The topological polar surface area (TPSA) is 9.23 Å². The molecular weight excluding hydrogens is 260 g/mol. The van der Waals surface area contributed by atoms with Gasteiger partial charge in [0.15, 0.2) is 0 Å². The highest BCUT2D eigenvalue weighted by Crippen LogP contribution is 2.48. The van der Waals surface area contributed by atoms with Crippen LogP contribution in [0.2, 0.25) is 19.6 Å². The Morgan fingerprint density at radius 2 is 1.65 bits per heavy atom. The molecule has 2 rings (SSSR count). The van der Waals surface area contributed by atoms with Crippen molar-refractivity contribution in [3.05, 3.63) is 29.8 Å². The van der Waals surface area contributed by atoms with E-state index in [1.54, 1.807) is 0 Å². The van der Waals surface area contributed by atoms with Gasteiger partial charge in [-0.3, -0.25) is 0 Å². The molecule has 0 N–H and O–H groups in total. The number of hydrogen-bond donors (Lipinski definition) is 0. The third-order valence-electron chi connectivity index (χ3n) is 3.96. The maximum atomic E-state index is 6.25. The van der Waals surface area contributed by atoms with E-state index in [1.165, 1.54) is 5.56 Å². The SMILES string of the molecule is CC1(C)Oc2ccccc2C(C)(C)C1C#C[Si](C)(C)C. The van der Waals surface area contributed by atoms with Gasteiger partial charge >= 0.3 is 0 Å². The van der Waals surface area contributed by atoms with Crippen LogP contribution in [0.15, 0.2) is 24.3 Å².